The first-order valence-corrected chi connectivity index (χ1v) is 8.58. The number of hydrogen-bond acceptors (Lipinski definition) is 4. The summed E-state index contributed by atoms with van der Waals surface area (Å²) < 4.78 is 10.0. The highest BCUT2D eigenvalue weighted by molar-refractivity contribution is 7.80. The van der Waals surface area contributed by atoms with Gasteiger partial charge >= 0.3 is 5.97 Å². The minimum absolute atomic E-state index is 0.148. The van der Waals surface area contributed by atoms with Gasteiger partial charge in [0, 0.05) is 32.1 Å². The first-order valence-electron chi connectivity index (χ1n) is 8.17. The highest BCUT2D eigenvalue weighted by atomic mass is 32.1. The molecule has 0 aromatic heterocycles. The van der Waals surface area contributed by atoms with Gasteiger partial charge in [-0.3, -0.25) is 4.79 Å². The maximum Gasteiger partial charge on any atom is 0.305 e. The van der Waals surface area contributed by atoms with Crippen LogP contribution < -0.4 is 10.1 Å². The fourth-order valence-electron chi connectivity index (χ4n) is 2.36. The van der Waals surface area contributed by atoms with E-state index in [0.29, 0.717) is 18.1 Å². The first kappa shape index (κ1) is 20.2. The van der Waals surface area contributed by atoms with Crippen molar-refractivity contribution in [2.45, 2.75) is 39.2 Å². The Morgan fingerprint density at radius 3 is 2.67 bits per heavy atom. The zero-order valence-electron chi connectivity index (χ0n) is 15.1. The van der Waals surface area contributed by atoms with Crippen molar-refractivity contribution in [3.8, 4) is 5.75 Å². The van der Waals surface area contributed by atoms with E-state index in [2.05, 4.69) is 23.0 Å². The van der Waals surface area contributed by atoms with Crippen LogP contribution in [0, 0.1) is 6.92 Å². The van der Waals surface area contributed by atoms with Crippen molar-refractivity contribution in [2.75, 3.05) is 27.8 Å². The minimum atomic E-state index is -0.148. The molecule has 1 aromatic carbocycles. The van der Waals surface area contributed by atoms with E-state index in [1.54, 1.807) is 7.11 Å². The number of hydrogen-bond donors (Lipinski definition) is 1. The van der Waals surface area contributed by atoms with Crippen molar-refractivity contribution in [3.63, 3.8) is 0 Å². The number of carbonyl (C=O) groups is 1. The van der Waals surface area contributed by atoms with E-state index in [4.69, 9.17) is 17.0 Å². The number of carbonyl (C=O) groups excluding carboxylic acids is 1. The molecule has 24 heavy (non-hydrogen) atoms. The third-order valence-electron chi connectivity index (χ3n) is 3.75. The van der Waals surface area contributed by atoms with Gasteiger partial charge in [0.05, 0.1) is 14.2 Å². The SMILES string of the molecule is COC(=O)CCCCCNC(=S)N(C)Cc1cc(C)ccc1OC. The summed E-state index contributed by atoms with van der Waals surface area (Å²) >= 11 is 5.43. The lowest BCUT2D eigenvalue weighted by Crippen LogP contribution is -2.37. The normalized spacial score (nSPS) is 10.2. The topological polar surface area (TPSA) is 50.8 Å². The van der Waals surface area contributed by atoms with Crippen LogP contribution in [0.5, 0.6) is 5.75 Å². The Morgan fingerprint density at radius 2 is 2.00 bits per heavy atom. The van der Waals surface area contributed by atoms with Crippen molar-refractivity contribution in [1.29, 1.82) is 0 Å². The highest BCUT2D eigenvalue weighted by Gasteiger charge is 2.09. The van der Waals surface area contributed by atoms with Crippen LogP contribution >= 0.6 is 12.2 Å². The van der Waals surface area contributed by atoms with Gasteiger partial charge in [-0.2, -0.15) is 0 Å². The van der Waals surface area contributed by atoms with Crippen molar-refractivity contribution in [3.05, 3.63) is 29.3 Å². The summed E-state index contributed by atoms with van der Waals surface area (Å²) in [5, 5.41) is 3.97. The van der Waals surface area contributed by atoms with Gasteiger partial charge in [-0.05, 0) is 38.0 Å². The molecule has 5 nitrogen and oxygen atoms in total. The zero-order chi connectivity index (χ0) is 17.9. The Morgan fingerprint density at radius 1 is 1.25 bits per heavy atom. The average molecular weight is 353 g/mol. The molecular formula is C18H28N2O3S. The lowest BCUT2D eigenvalue weighted by atomic mass is 10.1. The second-order valence-corrected chi connectivity index (χ2v) is 6.18. The standard InChI is InChI=1S/C18H28N2O3S/c1-14-9-10-16(22-3)15(12-14)13-20(2)18(24)19-11-7-5-6-8-17(21)23-4/h9-10,12H,5-8,11,13H2,1-4H3,(H,19,24). The number of unbranched alkanes of at least 4 members (excludes halogenated alkanes) is 2. The fourth-order valence-corrected chi connectivity index (χ4v) is 2.53. The Bertz CT molecular complexity index is 549. The highest BCUT2D eigenvalue weighted by Crippen LogP contribution is 2.21. The van der Waals surface area contributed by atoms with Crippen LogP contribution in [0.4, 0.5) is 0 Å². The van der Waals surface area contributed by atoms with Crippen molar-refractivity contribution in [2.24, 2.45) is 0 Å². The van der Waals surface area contributed by atoms with Crippen LogP contribution in [-0.4, -0.2) is 43.8 Å². The molecule has 1 rings (SSSR count). The molecule has 0 saturated heterocycles. The van der Waals surface area contributed by atoms with Gasteiger partial charge in [-0.25, -0.2) is 0 Å². The molecule has 0 amide bonds. The molecule has 0 saturated carbocycles. The molecule has 0 atom stereocenters. The van der Waals surface area contributed by atoms with Crippen LogP contribution in [0.2, 0.25) is 0 Å². The summed E-state index contributed by atoms with van der Waals surface area (Å²) in [5.74, 6) is 0.725. The Kier molecular flexibility index (Phi) is 9.15. The van der Waals surface area contributed by atoms with E-state index >= 15 is 0 Å². The predicted molar refractivity (Wildman–Crippen MR) is 100 cm³/mol. The third kappa shape index (κ3) is 7.17. The monoisotopic (exact) mass is 352 g/mol. The largest absolute Gasteiger partial charge is 0.496 e. The quantitative estimate of drug-likeness (QED) is 0.419. The second-order valence-electron chi connectivity index (χ2n) is 5.79. The molecule has 0 unspecified atom stereocenters. The van der Waals surface area contributed by atoms with E-state index in [1.165, 1.54) is 12.7 Å². The van der Waals surface area contributed by atoms with Crippen LogP contribution in [0.3, 0.4) is 0 Å². The predicted octanol–water partition coefficient (Wildman–Crippen LogP) is 3.04. The lowest BCUT2D eigenvalue weighted by molar-refractivity contribution is -0.140. The summed E-state index contributed by atoms with van der Waals surface area (Å²) in [6.45, 7) is 3.56. The number of nitrogens with one attached hydrogen (secondary N) is 1. The molecule has 1 N–H and O–H groups in total. The first-order chi connectivity index (χ1) is 11.5. The lowest BCUT2D eigenvalue weighted by Gasteiger charge is -2.22. The molecule has 134 valence electrons. The van der Waals surface area contributed by atoms with Gasteiger partial charge in [0.2, 0.25) is 0 Å². The molecule has 6 heteroatoms. The van der Waals surface area contributed by atoms with E-state index in [9.17, 15) is 4.79 Å². The smallest absolute Gasteiger partial charge is 0.305 e. The maximum atomic E-state index is 11.0. The molecule has 0 heterocycles. The number of esters is 1. The molecule has 0 bridgehead atoms. The van der Waals surface area contributed by atoms with Crippen LogP contribution in [0.25, 0.3) is 0 Å². The Balaban J connectivity index is 2.33. The van der Waals surface area contributed by atoms with Crippen molar-refractivity contribution < 1.29 is 14.3 Å². The molecule has 0 radical (unpaired) electrons. The number of aryl methyl sites for hydroxylation is 1. The molecule has 0 spiro atoms. The molecule has 0 aliphatic heterocycles. The van der Waals surface area contributed by atoms with Gasteiger partial charge in [0.15, 0.2) is 5.11 Å². The number of methoxy groups -OCH3 is 2. The second kappa shape index (κ2) is 10.9. The number of thiocarbonyl (C=S) groups is 1. The molecule has 0 aliphatic carbocycles. The third-order valence-corrected chi connectivity index (χ3v) is 4.21. The van der Waals surface area contributed by atoms with E-state index in [-0.39, 0.29) is 5.97 Å². The van der Waals surface area contributed by atoms with Gasteiger partial charge in [-0.15, -0.1) is 0 Å². The number of rotatable bonds is 9. The maximum absolute atomic E-state index is 11.0. The number of nitrogens with zero attached hydrogens (tertiary/aromatic N) is 1. The van der Waals surface area contributed by atoms with Gasteiger partial charge in [0.1, 0.15) is 5.75 Å². The van der Waals surface area contributed by atoms with E-state index in [1.807, 2.05) is 24.1 Å². The Labute approximate surface area is 150 Å². The van der Waals surface area contributed by atoms with Crippen LogP contribution in [-0.2, 0) is 16.1 Å². The van der Waals surface area contributed by atoms with E-state index in [0.717, 1.165) is 37.1 Å². The van der Waals surface area contributed by atoms with Crippen LogP contribution in [0.15, 0.2) is 18.2 Å². The van der Waals surface area contributed by atoms with Gasteiger partial charge < -0.3 is 19.7 Å². The Hall–Kier alpha value is -1.82. The fraction of sp³-hybridized carbons (Fsp3) is 0.556. The molecular weight excluding hydrogens is 324 g/mol. The summed E-state index contributed by atoms with van der Waals surface area (Å²) in [4.78, 5) is 13.0. The average Bonchev–Trinajstić information content (AvgIpc) is 2.57. The zero-order valence-corrected chi connectivity index (χ0v) is 15.9. The summed E-state index contributed by atoms with van der Waals surface area (Å²) in [6.07, 6.45) is 3.27. The van der Waals surface area contributed by atoms with Gasteiger partial charge in [-0.1, -0.05) is 24.1 Å². The van der Waals surface area contributed by atoms with Gasteiger partial charge in [0.25, 0.3) is 0 Å². The number of benzene rings is 1. The molecule has 0 fully saturated rings. The molecule has 0 aliphatic rings. The van der Waals surface area contributed by atoms with Crippen molar-refractivity contribution >= 4 is 23.3 Å². The van der Waals surface area contributed by atoms with E-state index < -0.39 is 0 Å². The summed E-state index contributed by atoms with van der Waals surface area (Å²) in [5.41, 5.74) is 2.31. The molecule has 1 aromatic rings. The minimum Gasteiger partial charge on any atom is -0.496 e. The van der Waals surface area contributed by atoms with Crippen LogP contribution in [0.1, 0.15) is 36.8 Å². The number of ether oxygens (including phenoxy) is 2. The van der Waals surface area contributed by atoms with Crippen molar-refractivity contribution in [1.82, 2.24) is 10.2 Å². The summed E-state index contributed by atoms with van der Waals surface area (Å²) in [7, 11) is 5.06. The summed E-state index contributed by atoms with van der Waals surface area (Å²) in [6, 6.07) is 6.13.